The van der Waals surface area contributed by atoms with Gasteiger partial charge in [0, 0.05) is 6.61 Å². The van der Waals surface area contributed by atoms with Gasteiger partial charge in [-0.15, -0.1) is 0 Å². The number of rotatable bonds is 4. The molecule has 0 heterocycles. The number of allylic oxidation sites excluding steroid dienone is 1. The summed E-state index contributed by atoms with van der Waals surface area (Å²) in [7, 11) is 0. The molecule has 0 saturated carbocycles. The van der Waals surface area contributed by atoms with Gasteiger partial charge in [-0.2, -0.15) is 13.2 Å². The van der Waals surface area contributed by atoms with Crippen LogP contribution < -0.4 is 0 Å². The van der Waals surface area contributed by atoms with E-state index in [9.17, 15) is 13.2 Å². The van der Waals surface area contributed by atoms with Crippen LogP contribution in [0.25, 0.3) is 0 Å². The Labute approximate surface area is 92.2 Å². The number of hydrogen-bond acceptors (Lipinski definition) is 1. The van der Waals surface area contributed by atoms with Gasteiger partial charge in [-0.05, 0) is 24.5 Å². The van der Waals surface area contributed by atoms with E-state index in [4.69, 9.17) is 5.11 Å². The standard InChI is InChI=1S/C12H13F3O/c13-12(14,15)11-7-4-6-10(9-11)5-2-1-3-8-16/h1-2,4,6-7,9,16H,3,5,8H2/b2-1-. The van der Waals surface area contributed by atoms with Gasteiger partial charge in [0.1, 0.15) is 0 Å². The van der Waals surface area contributed by atoms with Crippen LogP contribution in [0.1, 0.15) is 17.5 Å². The summed E-state index contributed by atoms with van der Waals surface area (Å²) in [5.41, 5.74) is -0.00965. The molecule has 1 aromatic carbocycles. The van der Waals surface area contributed by atoms with Crippen LogP contribution in [0.3, 0.4) is 0 Å². The fourth-order valence-corrected chi connectivity index (χ4v) is 1.29. The number of alkyl halides is 3. The SMILES string of the molecule is OCC/C=C\Cc1cccc(C(F)(F)F)c1. The Hall–Kier alpha value is -1.29. The van der Waals surface area contributed by atoms with Crippen LogP contribution in [0, 0.1) is 0 Å². The van der Waals surface area contributed by atoms with Crippen molar-refractivity contribution in [3.63, 3.8) is 0 Å². The van der Waals surface area contributed by atoms with E-state index in [-0.39, 0.29) is 6.61 Å². The van der Waals surface area contributed by atoms with E-state index in [1.54, 1.807) is 18.2 Å². The fourth-order valence-electron chi connectivity index (χ4n) is 1.29. The summed E-state index contributed by atoms with van der Waals surface area (Å²) >= 11 is 0. The number of aliphatic hydroxyl groups excluding tert-OH is 1. The molecule has 0 aliphatic rings. The van der Waals surface area contributed by atoms with Crippen LogP contribution in [0.4, 0.5) is 13.2 Å². The van der Waals surface area contributed by atoms with Crippen LogP contribution in [0.5, 0.6) is 0 Å². The minimum Gasteiger partial charge on any atom is -0.396 e. The summed E-state index contributed by atoms with van der Waals surface area (Å²) in [6.45, 7) is 0.0547. The second-order valence-electron chi connectivity index (χ2n) is 3.39. The van der Waals surface area contributed by atoms with E-state index in [1.807, 2.05) is 0 Å². The van der Waals surface area contributed by atoms with Crippen molar-refractivity contribution in [1.29, 1.82) is 0 Å². The van der Waals surface area contributed by atoms with Gasteiger partial charge in [0.25, 0.3) is 0 Å². The first-order valence-electron chi connectivity index (χ1n) is 4.96. The van der Waals surface area contributed by atoms with Crippen molar-refractivity contribution in [2.45, 2.75) is 19.0 Å². The van der Waals surface area contributed by atoms with Crippen LogP contribution in [0.15, 0.2) is 36.4 Å². The van der Waals surface area contributed by atoms with Gasteiger partial charge in [0.15, 0.2) is 0 Å². The molecule has 1 N–H and O–H groups in total. The van der Waals surface area contributed by atoms with Gasteiger partial charge in [-0.25, -0.2) is 0 Å². The topological polar surface area (TPSA) is 20.2 Å². The molecule has 4 heteroatoms. The Morgan fingerprint density at radius 1 is 1.19 bits per heavy atom. The van der Waals surface area contributed by atoms with Crippen molar-refractivity contribution < 1.29 is 18.3 Å². The summed E-state index contributed by atoms with van der Waals surface area (Å²) in [6, 6.07) is 5.25. The smallest absolute Gasteiger partial charge is 0.396 e. The maximum atomic E-state index is 12.4. The maximum Gasteiger partial charge on any atom is 0.416 e. The van der Waals surface area contributed by atoms with Gasteiger partial charge in [0.2, 0.25) is 0 Å². The molecule has 1 aromatic rings. The fraction of sp³-hybridized carbons (Fsp3) is 0.333. The number of hydrogen-bond donors (Lipinski definition) is 1. The van der Waals surface area contributed by atoms with Crippen LogP contribution in [-0.2, 0) is 12.6 Å². The molecule has 0 aliphatic carbocycles. The summed E-state index contributed by atoms with van der Waals surface area (Å²) in [5.74, 6) is 0. The molecule has 0 atom stereocenters. The van der Waals surface area contributed by atoms with E-state index >= 15 is 0 Å². The molecule has 16 heavy (non-hydrogen) atoms. The quantitative estimate of drug-likeness (QED) is 0.787. The van der Waals surface area contributed by atoms with E-state index in [2.05, 4.69) is 0 Å². The zero-order chi connectivity index (χ0) is 12.0. The molecule has 0 saturated heterocycles. The molecule has 0 fully saturated rings. The molecule has 0 spiro atoms. The van der Waals surface area contributed by atoms with E-state index in [0.29, 0.717) is 18.4 Å². The minimum atomic E-state index is -4.29. The highest BCUT2D eigenvalue weighted by Gasteiger charge is 2.30. The van der Waals surface area contributed by atoms with Crippen molar-refractivity contribution in [3.05, 3.63) is 47.5 Å². The monoisotopic (exact) mass is 230 g/mol. The van der Waals surface area contributed by atoms with Crippen molar-refractivity contribution in [3.8, 4) is 0 Å². The normalized spacial score (nSPS) is 12.2. The zero-order valence-electron chi connectivity index (χ0n) is 8.67. The Morgan fingerprint density at radius 2 is 1.94 bits per heavy atom. The van der Waals surface area contributed by atoms with Crippen LogP contribution >= 0.6 is 0 Å². The van der Waals surface area contributed by atoms with Gasteiger partial charge in [-0.3, -0.25) is 0 Å². The van der Waals surface area contributed by atoms with Gasteiger partial charge < -0.3 is 5.11 Å². The second-order valence-corrected chi connectivity index (χ2v) is 3.39. The average Bonchev–Trinajstić information content (AvgIpc) is 2.24. The van der Waals surface area contributed by atoms with E-state index in [1.165, 1.54) is 6.07 Å². The molecule has 88 valence electrons. The lowest BCUT2D eigenvalue weighted by molar-refractivity contribution is -0.137. The van der Waals surface area contributed by atoms with Crippen LogP contribution in [-0.4, -0.2) is 11.7 Å². The highest BCUT2D eigenvalue weighted by atomic mass is 19.4. The molecule has 0 amide bonds. The molecule has 0 bridgehead atoms. The van der Waals surface area contributed by atoms with Crippen LogP contribution in [0.2, 0.25) is 0 Å². The minimum absolute atomic E-state index is 0.0547. The largest absolute Gasteiger partial charge is 0.416 e. The molecule has 1 nitrogen and oxygen atoms in total. The molecule has 1 rings (SSSR count). The molecule has 0 unspecified atom stereocenters. The predicted octanol–water partition coefficient (Wildman–Crippen LogP) is 3.19. The molecule has 0 aliphatic heterocycles. The second kappa shape index (κ2) is 5.70. The van der Waals surface area contributed by atoms with Crippen molar-refractivity contribution >= 4 is 0 Å². The van der Waals surface area contributed by atoms with Crippen molar-refractivity contribution in [2.24, 2.45) is 0 Å². The summed E-state index contributed by atoms with van der Waals surface area (Å²) in [4.78, 5) is 0. The lowest BCUT2D eigenvalue weighted by Gasteiger charge is -2.07. The summed E-state index contributed by atoms with van der Waals surface area (Å²) < 4.78 is 37.1. The van der Waals surface area contributed by atoms with E-state index < -0.39 is 11.7 Å². The van der Waals surface area contributed by atoms with Crippen molar-refractivity contribution in [1.82, 2.24) is 0 Å². The highest BCUT2D eigenvalue weighted by Crippen LogP contribution is 2.29. The third-order valence-corrected chi connectivity index (χ3v) is 2.07. The number of aliphatic hydroxyl groups is 1. The number of benzene rings is 1. The van der Waals surface area contributed by atoms with Gasteiger partial charge >= 0.3 is 6.18 Å². The Balaban J connectivity index is 2.68. The Kier molecular flexibility index (Phi) is 4.55. The third-order valence-electron chi connectivity index (χ3n) is 2.07. The average molecular weight is 230 g/mol. The first kappa shape index (κ1) is 12.8. The van der Waals surface area contributed by atoms with E-state index in [0.717, 1.165) is 12.1 Å². The number of halogens is 3. The third kappa shape index (κ3) is 4.06. The highest BCUT2D eigenvalue weighted by molar-refractivity contribution is 5.27. The molecular weight excluding hydrogens is 217 g/mol. The summed E-state index contributed by atoms with van der Waals surface area (Å²) in [6.07, 6.45) is 0.194. The van der Waals surface area contributed by atoms with Gasteiger partial charge in [-0.1, -0.05) is 30.4 Å². The lowest BCUT2D eigenvalue weighted by atomic mass is 10.1. The zero-order valence-corrected chi connectivity index (χ0v) is 8.67. The van der Waals surface area contributed by atoms with Gasteiger partial charge in [0.05, 0.1) is 5.56 Å². The Morgan fingerprint density at radius 3 is 2.56 bits per heavy atom. The predicted molar refractivity (Wildman–Crippen MR) is 56.0 cm³/mol. The molecule has 0 aromatic heterocycles. The first-order valence-corrected chi connectivity index (χ1v) is 4.96. The maximum absolute atomic E-state index is 12.4. The molecular formula is C12H13F3O. The lowest BCUT2D eigenvalue weighted by Crippen LogP contribution is -2.04. The Bertz CT molecular complexity index is 356. The first-order chi connectivity index (χ1) is 7.54. The summed E-state index contributed by atoms with van der Waals surface area (Å²) in [5, 5.41) is 8.51. The van der Waals surface area contributed by atoms with Crippen molar-refractivity contribution in [2.75, 3.05) is 6.61 Å². The molecule has 0 radical (unpaired) electrons.